The van der Waals surface area contributed by atoms with Crippen LogP contribution in [0.25, 0.3) is 20.9 Å². The molecule has 0 aromatic carbocycles. The third-order valence-electron chi connectivity index (χ3n) is 3.02. The van der Waals surface area contributed by atoms with Gasteiger partial charge < -0.3 is 0 Å². The summed E-state index contributed by atoms with van der Waals surface area (Å²) in [5.41, 5.74) is 15.9. The fourth-order valence-corrected chi connectivity index (χ4v) is 1.91. The predicted molar refractivity (Wildman–Crippen MR) is 73.9 cm³/mol. The molecule has 0 aromatic rings. The standard InChI is InChI=1S/C12H24N6/c1-3-4-5-6-7-8-9-10-11-12(2,15-17-13)16-18-14/h3-11H2,1-2H3. The van der Waals surface area contributed by atoms with Crippen LogP contribution in [0.3, 0.4) is 0 Å². The van der Waals surface area contributed by atoms with E-state index in [1.165, 1.54) is 38.5 Å². The first-order valence-electron chi connectivity index (χ1n) is 6.81. The molecule has 102 valence electrons. The highest BCUT2D eigenvalue weighted by Crippen LogP contribution is 2.22. The lowest BCUT2D eigenvalue weighted by atomic mass is 10.0. The average molecular weight is 252 g/mol. The molecular formula is C12H24N6. The summed E-state index contributed by atoms with van der Waals surface area (Å²) in [6.07, 6.45) is 10.3. The van der Waals surface area contributed by atoms with Crippen LogP contribution in [0.1, 0.15) is 71.6 Å². The Balaban J connectivity index is 3.68. The maximum Gasteiger partial charge on any atom is 0.124 e. The quantitative estimate of drug-likeness (QED) is 0.190. The second-order valence-electron chi connectivity index (χ2n) is 4.82. The van der Waals surface area contributed by atoms with Gasteiger partial charge in [0.15, 0.2) is 0 Å². The number of rotatable bonds is 11. The van der Waals surface area contributed by atoms with Gasteiger partial charge in [0.25, 0.3) is 0 Å². The number of hydrogen-bond donors (Lipinski definition) is 0. The molecular weight excluding hydrogens is 228 g/mol. The van der Waals surface area contributed by atoms with E-state index < -0.39 is 5.66 Å². The van der Waals surface area contributed by atoms with Gasteiger partial charge in [0.2, 0.25) is 0 Å². The first-order chi connectivity index (χ1) is 8.68. The van der Waals surface area contributed by atoms with Crippen LogP contribution in [0, 0.1) is 0 Å². The third-order valence-corrected chi connectivity index (χ3v) is 3.02. The van der Waals surface area contributed by atoms with Crippen molar-refractivity contribution in [1.29, 1.82) is 0 Å². The van der Waals surface area contributed by atoms with E-state index in [1.807, 2.05) is 0 Å². The highest BCUT2D eigenvalue weighted by molar-refractivity contribution is 4.80. The molecule has 0 N–H and O–H groups in total. The molecule has 0 aliphatic rings. The molecule has 0 aliphatic heterocycles. The average Bonchev–Trinajstić information content (AvgIpc) is 2.33. The van der Waals surface area contributed by atoms with Crippen molar-refractivity contribution in [3.05, 3.63) is 20.9 Å². The van der Waals surface area contributed by atoms with E-state index in [4.69, 9.17) is 11.1 Å². The van der Waals surface area contributed by atoms with Crippen molar-refractivity contribution < 1.29 is 0 Å². The molecule has 0 radical (unpaired) electrons. The molecule has 0 atom stereocenters. The zero-order valence-electron chi connectivity index (χ0n) is 11.5. The number of unbranched alkanes of at least 4 members (excludes halogenated alkanes) is 7. The Hall–Kier alpha value is -1.38. The Kier molecular flexibility index (Phi) is 9.93. The van der Waals surface area contributed by atoms with E-state index >= 15 is 0 Å². The van der Waals surface area contributed by atoms with E-state index in [1.54, 1.807) is 6.92 Å². The minimum atomic E-state index is -0.939. The van der Waals surface area contributed by atoms with Crippen molar-refractivity contribution in [2.24, 2.45) is 10.2 Å². The maximum atomic E-state index is 8.43. The summed E-state index contributed by atoms with van der Waals surface area (Å²) in [5, 5.41) is 7.13. The molecule has 0 rings (SSSR count). The lowest BCUT2D eigenvalue weighted by molar-refractivity contribution is 0.417. The molecule has 0 amide bonds. The van der Waals surface area contributed by atoms with Crippen LogP contribution >= 0.6 is 0 Å². The van der Waals surface area contributed by atoms with Crippen LogP contribution in [0.2, 0.25) is 0 Å². The van der Waals surface area contributed by atoms with Crippen LogP contribution in [0.15, 0.2) is 10.2 Å². The summed E-state index contributed by atoms with van der Waals surface area (Å²) < 4.78 is 0. The third kappa shape index (κ3) is 8.74. The molecule has 0 heterocycles. The van der Waals surface area contributed by atoms with Gasteiger partial charge in [-0.3, -0.25) is 0 Å². The first kappa shape index (κ1) is 16.6. The first-order valence-corrected chi connectivity index (χ1v) is 6.81. The van der Waals surface area contributed by atoms with E-state index in [0.29, 0.717) is 6.42 Å². The van der Waals surface area contributed by atoms with Crippen LogP contribution in [0.4, 0.5) is 0 Å². The molecule has 6 nitrogen and oxygen atoms in total. The van der Waals surface area contributed by atoms with Gasteiger partial charge in [0.1, 0.15) is 5.66 Å². The molecule has 0 aliphatic carbocycles. The number of hydrogen-bond acceptors (Lipinski definition) is 2. The molecule has 0 spiro atoms. The van der Waals surface area contributed by atoms with Gasteiger partial charge in [-0.25, -0.2) is 0 Å². The van der Waals surface area contributed by atoms with Gasteiger partial charge in [-0.15, -0.1) is 0 Å². The Morgan fingerprint density at radius 3 is 1.72 bits per heavy atom. The Labute approximate surface area is 109 Å². The fourth-order valence-electron chi connectivity index (χ4n) is 1.91. The summed E-state index contributed by atoms with van der Waals surface area (Å²) in [6, 6.07) is 0. The number of azide groups is 1. The van der Waals surface area contributed by atoms with E-state index in [9.17, 15) is 0 Å². The Morgan fingerprint density at radius 2 is 1.28 bits per heavy atom. The SMILES string of the molecule is CCCCCCCCCCC(C)(N=[N+]=[N-])N=[N+]=[N-]. The molecule has 6 heteroatoms. The van der Waals surface area contributed by atoms with Gasteiger partial charge in [-0.05, 0) is 24.4 Å². The molecule has 0 aromatic heterocycles. The fraction of sp³-hybridized carbons (Fsp3) is 1.00. The maximum absolute atomic E-state index is 8.43. The zero-order chi connectivity index (χ0) is 13.7. The van der Waals surface area contributed by atoms with Crippen molar-refractivity contribution in [2.75, 3.05) is 0 Å². The van der Waals surface area contributed by atoms with Crippen LogP contribution < -0.4 is 0 Å². The van der Waals surface area contributed by atoms with Crippen molar-refractivity contribution >= 4 is 0 Å². The smallest absolute Gasteiger partial charge is 0.0815 e. The van der Waals surface area contributed by atoms with Crippen LogP contribution in [-0.4, -0.2) is 5.66 Å². The van der Waals surface area contributed by atoms with Crippen molar-refractivity contribution in [3.8, 4) is 0 Å². The lowest BCUT2D eigenvalue weighted by Gasteiger charge is -2.16. The topological polar surface area (TPSA) is 97.5 Å². The molecule has 0 fully saturated rings. The second-order valence-corrected chi connectivity index (χ2v) is 4.82. The van der Waals surface area contributed by atoms with E-state index in [0.717, 1.165) is 12.8 Å². The molecule has 18 heavy (non-hydrogen) atoms. The zero-order valence-corrected chi connectivity index (χ0v) is 11.5. The summed E-state index contributed by atoms with van der Waals surface area (Å²) in [6.45, 7) is 3.89. The van der Waals surface area contributed by atoms with Crippen molar-refractivity contribution in [1.82, 2.24) is 0 Å². The summed E-state index contributed by atoms with van der Waals surface area (Å²) in [7, 11) is 0. The summed E-state index contributed by atoms with van der Waals surface area (Å²) in [5.74, 6) is 0. The van der Waals surface area contributed by atoms with Crippen molar-refractivity contribution in [2.45, 2.75) is 77.3 Å². The highest BCUT2D eigenvalue weighted by Gasteiger charge is 2.19. The van der Waals surface area contributed by atoms with Gasteiger partial charge in [0, 0.05) is 9.82 Å². The molecule has 0 bridgehead atoms. The van der Waals surface area contributed by atoms with E-state index in [-0.39, 0.29) is 0 Å². The highest BCUT2D eigenvalue weighted by atomic mass is 15.3. The Bertz CT molecular complexity index is 284. The number of nitrogens with zero attached hydrogens (tertiary/aromatic N) is 6. The van der Waals surface area contributed by atoms with Crippen LogP contribution in [-0.2, 0) is 0 Å². The monoisotopic (exact) mass is 252 g/mol. The Morgan fingerprint density at radius 1 is 0.833 bits per heavy atom. The van der Waals surface area contributed by atoms with Crippen molar-refractivity contribution in [3.63, 3.8) is 0 Å². The van der Waals surface area contributed by atoms with Gasteiger partial charge >= 0.3 is 0 Å². The predicted octanol–water partition coefficient (Wildman–Crippen LogP) is 5.85. The van der Waals surface area contributed by atoms with Gasteiger partial charge in [-0.2, -0.15) is 0 Å². The minimum absolute atomic E-state index is 0.621. The molecule has 0 saturated heterocycles. The summed E-state index contributed by atoms with van der Waals surface area (Å²) >= 11 is 0. The normalized spacial score (nSPS) is 13.2. The largest absolute Gasteiger partial charge is 0.124 e. The van der Waals surface area contributed by atoms with Gasteiger partial charge in [0.05, 0.1) is 0 Å². The van der Waals surface area contributed by atoms with Crippen LogP contribution in [0.5, 0.6) is 0 Å². The van der Waals surface area contributed by atoms with E-state index in [2.05, 4.69) is 27.0 Å². The minimum Gasteiger partial charge on any atom is -0.0815 e. The van der Waals surface area contributed by atoms with Gasteiger partial charge in [-0.1, -0.05) is 68.5 Å². The second kappa shape index (κ2) is 10.8. The lowest BCUT2D eigenvalue weighted by Crippen LogP contribution is -2.16. The summed E-state index contributed by atoms with van der Waals surface area (Å²) in [4.78, 5) is 5.47. The molecule has 0 saturated carbocycles. The molecule has 0 unspecified atom stereocenters.